The molecule has 2 aromatic rings. The van der Waals surface area contributed by atoms with Gasteiger partial charge in [0.2, 0.25) is 0 Å². The van der Waals surface area contributed by atoms with Crippen molar-refractivity contribution in [2.75, 3.05) is 20.7 Å². The minimum atomic E-state index is -0.267. The van der Waals surface area contributed by atoms with Gasteiger partial charge in [0.1, 0.15) is 0 Å². The Morgan fingerprint density at radius 1 is 0.931 bits per heavy atom. The first-order valence-electron chi connectivity index (χ1n) is 11.2. The lowest BCUT2D eigenvalue weighted by Crippen LogP contribution is -2.33. The molecule has 0 bridgehead atoms. The van der Waals surface area contributed by atoms with Gasteiger partial charge < -0.3 is 9.64 Å². The fraction of sp³-hybridized carbons (Fsp3) is 0.538. The molecule has 0 N–H and O–H groups in total. The molecule has 0 aliphatic heterocycles. The van der Waals surface area contributed by atoms with Gasteiger partial charge in [-0.3, -0.25) is 0 Å². The minimum Gasteiger partial charge on any atom is -0.490 e. The summed E-state index contributed by atoms with van der Waals surface area (Å²) in [5.41, 5.74) is 3.31. The van der Waals surface area contributed by atoms with Gasteiger partial charge in [-0.25, -0.2) is 4.39 Å². The molecule has 3 heteroatoms. The van der Waals surface area contributed by atoms with Crippen LogP contribution in [0.3, 0.4) is 0 Å². The van der Waals surface area contributed by atoms with E-state index in [1.165, 1.54) is 37.7 Å². The summed E-state index contributed by atoms with van der Waals surface area (Å²) >= 11 is 0. The van der Waals surface area contributed by atoms with E-state index in [1.54, 1.807) is 12.1 Å². The largest absolute Gasteiger partial charge is 0.490 e. The Morgan fingerprint density at radius 3 is 2.24 bits per heavy atom. The van der Waals surface area contributed by atoms with Crippen LogP contribution in [-0.4, -0.2) is 31.6 Å². The molecule has 1 aliphatic rings. The zero-order valence-electron chi connectivity index (χ0n) is 18.3. The second-order valence-corrected chi connectivity index (χ2v) is 8.75. The molecule has 0 unspecified atom stereocenters. The summed E-state index contributed by atoms with van der Waals surface area (Å²) in [6.07, 6.45) is 9.59. The molecular weight excluding hydrogens is 361 g/mol. The molecule has 0 atom stereocenters. The molecule has 1 aliphatic carbocycles. The Hall–Kier alpha value is -1.87. The molecule has 2 nitrogen and oxygen atoms in total. The summed E-state index contributed by atoms with van der Waals surface area (Å²) < 4.78 is 20.5. The number of aryl methyl sites for hydroxylation is 1. The number of nitrogens with zero attached hydrogens (tertiary/aromatic N) is 1. The van der Waals surface area contributed by atoms with Gasteiger partial charge in [-0.2, -0.15) is 0 Å². The van der Waals surface area contributed by atoms with Crippen LogP contribution in [0.15, 0.2) is 42.5 Å². The van der Waals surface area contributed by atoms with Crippen molar-refractivity contribution in [2.24, 2.45) is 5.92 Å². The maximum atomic E-state index is 14.6. The summed E-state index contributed by atoms with van der Waals surface area (Å²) in [6, 6.07) is 14.6. The number of benzene rings is 2. The van der Waals surface area contributed by atoms with Crippen LogP contribution in [0.5, 0.6) is 5.75 Å². The van der Waals surface area contributed by atoms with Crippen LogP contribution in [0.2, 0.25) is 0 Å². The first kappa shape index (κ1) is 21.8. The molecule has 29 heavy (non-hydrogen) atoms. The average Bonchev–Trinajstić information content (AvgIpc) is 2.74. The Labute approximate surface area is 176 Å². The Morgan fingerprint density at radius 2 is 1.62 bits per heavy atom. The summed E-state index contributed by atoms with van der Waals surface area (Å²) in [6.45, 7) is 2.84. The highest BCUT2D eigenvalue weighted by Gasteiger charge is 2.23. The van der Waals surface area contributed by atoms with Crippen molar-refractivity contribution in [3.63, 3.8) is 0 Å². The van der Waals surface area contributed by atoms with Crippen LogP contribution in [0, 0.1) is 11.7 Å². The van der Waals surface area contributed by atoms with E-state index in [1.807, 2.05) is 6.07 Å². The number of ether oxygens (including phenoxy) is 1. The predicted octanol–water partition coefficient (Wildman–Crippen LogP) is 6.72. The maximum absolute atomic E-state index is 14.6. The predicted molar refractivity (Wildman–Crippen MR) is 120 cm³/mol. The van der Waals surface area contributed by atoms with Crippen molar-refractivity contribution < 1.29 is 9.13 Å². The van der Waals surface area contributed by atoms with Crippen LogP contribution in [0.1, 0.15) is 57.4 Å². The molecule has 0 radical (unpaired) electrons. The van der Waals surface area contributed by atoms with E-state index in [-0.39, 0.29) is 5.82 Å². The van der Waals surface area contributed by atoms with E-state index in [9.17, 15) is 4.39 Å². The standard InChI is InChI=1S/C26H36FNO/c1-4-5-6-7-20-8-12-22(13-9-20)23-14-17-26(25(27)18-23)29-19-21-10-15-24(16-11-21)28(2)3/h8-9,12-14,17-18,21,24H,4-7,10-11,15-16,19H2,1-3H3. The fourth-order valence-electron chi connectivity index (χ4n) is 4.28. The molecule has 0 aromatic heterocycles. The maximum Gasteiger partial charge on any atom is 0.165 e. The second-order valence-electron chi connectivity index (χ2n) is 8.75. The van der Waals surface area contributed by atoms with Gasteiger partial charge in [-0.1, -0.05) is 50.1 Å². The first-order chi connectivity index (χ1) is 14.1. The lowest BCUT2D eigenvalue weighted by Gasteiger charge is -2.32. The van der Waals surface area contributed by atoms with Gasteiger partial charge in [0.15, 0.2) is 11.6 Å². The number of rotatable bonds is 9. The van der Waals surface area contributed by atoms with Gasteiger partial charge >= 0.3 is 0 Å². The molecule has 3 rings (SSSR count). The quantitative estimate of drug-likeness (QED) is 0.435. The van der Waals surface area contributed by atoms with E-state index in [4.69, 9.17) is 4.74 Å². The third kappa shape index (κ3) is 6.30. The van der Waals surface area contributed by atoms with Gasteiger partial charge in [0, 0.05) is 6.04 Å². The number of hydrogen-bond donors (Lipinski definition) is 0. The molecule has 2 aromatic carbocycles. The van der Waals surface area contributed by atoms with Gasteiger partial charge in [0.25, 0.3) is 0 Å². The lowest BCUT2D eigenvalue weighted by molar-refractivity contribution is 0.149. The third-order valence-corrected chi connectivity index (χ3v) is 6.31. The zero-order chi connectivity index (χ0) is 20.6. The van der Waals surface area contributed by atoms with Crippen LogP contribution in [-0.2, 0) is 6.42 Å². The van der Waals surface area contributed by atoms with E-state index in [0.29, 0.717) is 24.3 Å². The van der Waals surface area contributed by atoms with Crippen LogP contribution < -0.4 is 4.74 Å². The average molecular weight is 398 g/mol. The minimum absolute atomic E-state index is 0.267. The van der Waals surface area contributed by atoms with Gasteiger partial charge in [-0.15, -0.1) is 0 Å². The highest BCUT2D eigenvalue weighted by Crippen LogP contribution is 2.30. The summed E-state index contributed by atoms with van der Waals surface area (Å²) in [7, 11) is 4.30. The molecule has 1 saturated carbocycles. The van der Waals surface area contributed by atoms with Crippen LogP contribution in [0.25, 0.3) is 11.1 Å². The Kier molecular flexibility index (Phi) is 8.11. The van der Waals surface area contributed by atoms with Gasteiger partial charge in [-0.05, 0) is 87.4 Å². The fourth-order valence-corrected chi connectivity index (χ4v) is 4.28. The third-order valence-electron chi connectivity index (χ3n) is 6.31. The molecule has 0 spiro atoms. The smallest absolute Gasteiger partial charge is 0.165 e. The number of hydrogen-bond acceptors (Lipinski definition) is 2. The van der Waals surface area contributed by atoms with Crippen molar-refractivity contribution in [3.8, 4) is 16.9 Å². The molecule has 0 amide bonds. The second kappa shape index (κ2) is 10.8. The molecule has 0 saturated heterocycles. The highest BCUT2D eigenvalue weighted by molar-refractivity contribution is 5.64. The topological polar surface area (TPSA) is 12.5 Å². The van der Waals surface area contributed by atoms with Crippen LogP contribution in [0.4, 0.5) is 4.39 Å². The Bertz CT molecular complexity index is 748. The highest BCUT2D eigenvalue weighted by atomic mass is 19.1. The van der Waals surface area contributed by atoms with Crippen LogP contribution >= 0.6 is 0 Å². The summed E-state index contributed by atoms with van der Waals surface area (Å²) in [4.78, 5) is 2.31. The monoisotopic (exact) mass is 397 g/mol. The molecule has 0 heterocycles. The van der Waals surface area contributed by atoms with E-state index in [0.717, 1.165) is 30.4 Å². The van der Waals surface area contributed by atoms with E-state index >= 15 is 0 Å². The number of halogens is 1. The molecular formula is C26H36FNO. The lowest BCUT2D eigenvalue weighted by atomic mass is 9.86. The Balaban J connectivity index is 1.53. The van der Waals surface area contributed by atoms with Crippen molar-refractivity contribution in [3.05, 3.63) is 53.8 Å². The molecule has 158 valence electrons. The van der Waals surface area contributed by atoms with Crippen molar-refractivity contribution >= 4 is 0 Å². The van der Waals surface area contributed by atoms with E-state index < -0.39 is 0 Å². The normalized spacial score (nSPS) is 19.5. The SMILES string of the molecule is CCCCCc1ccc(-c2ccc(OCC3CCC(N(C)C)CC3)c(F)c2)cc1. The van der Waals surface area contributed by atoms with Crippen molar-refractivity contribution in [1.82, 2.24) is 4.90 Å². The van der Waals surface area contributed by atoms with E-state index in [2.05, 4.69) is 50.2 Å². The number of unbranched alkanes of at least 4 members (excludes halogenated alkanes) is 2. The zero-order valence-corrected chi connectivity index (χ0v) is 18.3. The first-order valence-corrected chi connectivity index (χ1v) is 11.2. The van der Waals surface area contributed by atoms with Gasteiger partial charge in [0.05, 0.1) is 6.61 Å². The molecule has 1 fully saturated rings. The van der Waals surface area contributed by atoms with Crippen molar-refractivity contribution in [1.29, 1.82) is 0 Å². The van der Waals surface area contributed by atoms with Crippen molar-refractivity contribution in [2.45, 2.75) is 64.3 Å². The summed E-state index contributed by atoms with van der Waals surface area (Å²) in [5, 5.41) is 0. The summed E-state index contributed by atoms with van der Waals surface area (Å²) in [5.74, 6) is 0.640.